The van der Waals surface area contributed by atoms with Gasteiger partial charge in [0.2, 0.25) is 0 Å². The van der Waals surface area contributed by atoms with Crippen molar-refractivity contribution in [3.05, 3.63) is 0 Å². The van der Waals surface area contributed by atoms with Gasteiger partial charge in [0.1, 0.15) is 12.2 Å². The molecule has 1 aliphatic rings. The highest BCUT2D eigenvalue weighted by molar-refractivity contribution is 5.70. The monoisotopic (exact) mass is 841 g/mol. The van der Waals surface area contributed by atoms with Gasteiger partial charge in [-0.25, -0.2) is 0 Å². The van der Waals surface area contributed by atoms with E-state index in [-0.39, 0.29) is 25.6 Å². The van der Waals surface area contributed by atoms with Crippen molar-refractivity contribution < 1.29 is 57.1 Å². The SMILES string of the molecule is CCCCCCCCCCCCCC(=O)O[C@@H](COCCCCCCCCCC(C)CCCCCC)COC1[C@@H](OC(C)=O)[C@H](OC(C)=O)[C@@H](OC(C)=O)[C@@H]1OC(C)=O. The van der Waals surface area contributed by atoms with Crippen molar-refractivity contribution in [2.24, 2.45) is 5.92 Å². The van der Waals surface area contributed by atoms with Crippen molar-refractivity contribution >= 4 is 29.8 Å². The molecule has 1 rings (SSSR count). The Labute approximate surface area is 357 Å². The molecule has 0 spiro atoms. The summed E-state index contributed by atoms with van der Waals surface area (Å²) in [6.07, 6.45) is 21.9. The first-order valence-corrected chi connectivity index (χ1v) is 23.5. The number of ether oxygens (including phenoxy) is 7. The van der Waals surface area contributed by atoms with Gasteiger partial charge in [-0.15, -0.1) is 0 Å². The zero-order valence-electron chi connectivity index (χ0n) is 38.2. The second-order valence-corrected chi connectivity index (χ2v) is 16.8. The summed E-state index contributed by atoms with van der Waals surface area (Å²) in [6.45, 7) is 11.9. The number of esters is 5. The molecular formula is C47H84O12. The van der Waals surface area contributed by atoms with E-state index in [1.54, 1.807) is 0 Å². The summed E-state index contributed by atoms with van der Waals surface area (Å²) >= 11 is 0. The minimum Gasteiger partial charge on any atom is -0.457 e. The minimum absolute atomic E-state index is 0.0601. The van der Waals surface area contributed by atoms with Crippen molar-refractivity contribution in [2.45, 2.75) is 246 Å². The predicted octanol–water partition coefficient (Wildman–Crippen LogP) is 10.5. The number of unbranched alkanes of at least 4 members (excludes halogenated alkanes) is 19. The lowest BCUT2D eigenvalue weighted by molar-refractivity contribution is -0.181. The van der Waals surface area contributed by atoms with Gasteiger partial charge in [0, 0.05) is 40.7 Å². The first kappa shape index (κ1) is 54.3. The molecule has 0 N–H and O–H groups in total. The topological polar surface area (TPSA) is 150 Å². The van der Waals surface area contributed by atoms with Gasteiger partial charge in [0.05, 0.1) is 13.2 Å². The third kappa shape index (κ3) is 27.7. The second-order valence-electron chi connectivity index (χ2n) is 16.8. The standard InChI is InChI=1S/C47H84O12/c1-8-10-12-14-15-16-17-18-21-24-28-32-42(52)59-41(34-53-33-29-25-22-19-20-23-27-31-36(3)30-26-13-11-9-2)35-54-43-44(55-37(4)48)46(57-39(6)50)47(58-40(7)51)45(43)56-38(5)49/h36,41,43-47H,8-35H2,1-7H3/t36?,41-,44+,45+,46-,47-/m0/s1. The average Bonchev–Trinajstić information content (AvgIpc) is 3.40. The van der Waals surface area contributed by atoms with Crippen LogP contribution in [0.1, 0.15) is 209 Å². The van der Waals surface area contributed by atoms with Crippen LogP contribution in [-0.4, -0.2) is 86.3 Å². The van der Waals surface area contributed by atoms with Crippen LogP contribution in [0.25, 0.3) is 0 Å². The quantitative estimate of drug-likeness (QED) is 0.0333. The van der Waals surface area contributed by atoms with E-state index in [2.05, 4.69) is 20.8 Å². The fraction of sp³-hybridized carbons (Fsp3) is 0.894. The lowest BCUT2D eigenvalue weighted by Crippen LogP contribution is -2.43. The highest BCUT2D eigenvalue weighted by Crippen LogP contribution is 2.34. The molecule has 0 aromatic rings. The van der Waals surface area contributed by atoms with Gasteiger partial charge in [-0.05, 0) is 18.8 Å². The van der Waals surface area contributed by atoms with Crippen LogP contribution in [0, 0.1) is 5.92 Å². The molecule has 0 amide bonds. The van der Waals surface area contributed by atoms with Crippen molar-refractivity contribution in [3.63, 3.8) is 0 Å². The van der Waals surface area contributed by atoms with Crippen molar-refractivity contribution in [1.29, 1.82) is 0 Å². The Morgan fingerprint density at radius 1 is 0.441 bits per heavy atom. The molecule has 12 heteroatoms. The number of carbonyl (C=O) groups is 5. The van der Waals surface area contributed by atoms with Crippen LogP contribution < -0.4 is 0 Å². The highest BCUT2D eigenvalue weighted by Gasteiger charge is 2.59. The van der Waals surface area contributed by atoms with Crippen LogP contribution in [0.3, 0.4) is 0 Å². The summed E-state index contributed by atoms with van der Waals surface area (Å²) in [4.78, 5) is 61.8. The third-order valence-corrected chi connectivity index (χ3v) is 10.9. The van der Waals surface area contributed by atoms with Crippen LogP contribution in [0.15, 0.2) is 0 Å². The summed E-state index contributed by atoms with van der Waals surface area (Å²) in [5.74, 6) is -2.45. The van der Waals surface area contributed by atoms with E-state index >= 15 is 0 Å². The summed E-state index contributed by atoms with van der Waals surface area (Å²) in [6, 6.07) is 0. The Bertz CT molecular complexity index is 1090. The number of hydrogen-bond donors (Lipinski definition) is 0. The first-order chi connectivity index (χ1) is 28.4. The van der Waals surface area contributed by atoms with Crippen molar-refractivity contribution in [3.8, 4) is 0 Å². The smallest absolute Gasteiger partial charge is 0.306 e. The van der Waals surface area contributed by atoms with E-state index in [9.17, 15) is 24.0 Å². The average molecular weight is 841 g/mol. The number of hydrogen-bond acceptors (Lipinski definition) is 12. The van der Waals surface area contributed by atoms with Crippen LogP contribution in [0.2, 0.25) is 0 Å². The van der Waals surface area contributed by atoms with Gasteiger partial charge in [0.15, 0.2) is 24.4 Å². The molecule has 6 atom stereocenters. The molecule has 1 unspecified atom stereocenters. The molecular weight excluding hydrogens is 757 g/mol. The van der Waals surface area contributed by atoms with Gasteiger partial charge in [-0.2, -0.15) is 0 Å². The largest absolute Gasteiger partial charge is 0.457 e. The summed E-state index contributed by atoms with van der Waals surface area (Å²) in [5.41, 5.74) is 0. The van der Waals surface area contributed by atoms with Crippen LogP contribution in [0.5, 0.6) is 0 Å². The molecule has 1 aliphatic carbocycles. The lowest BCUT2D eigenvalue weighted by atomic mass is 9.96. The maximum absolute atomic E-state index is 13.1. The Hall–Kier alpha value is -2.73. The van der Waals surface area contributed by atoms with Crippen molar-refractivity contribution in [1.82, 2.24) is 0 Å². The Balaban J connectivity index is 2.78. The van der Waals surface area contributed by atoms with Gasteiger partial charge in [-0.3, -0.25) is 24.0 Å². The van der Waals surface area contributed by atoms with Gasteiger partial charge < -0.3 is 33.2 Å². The molecule has 0 bridgehead atoms. The molecule has 1 fully saturated rings. The normalized spacial score (nSPS) is 18.9. The third-order valence-electron chi connectivity index (χ3n) is 10.9. The molecule has 0 aromatic heterocycles. The molecule has 344 valence electrons. The summed E-state index contributed by atoms with van der Waals surface area (Å²) in [7, 11) is 0. The maximum Gasteiger partial charge on any atom is 0.306 e. The second kappa shape index (κ2) is 34.9. The van der Waals surface area contributed by atoms with E-state index in [0.717, 1.165) is 58.3 Å². The van der Waals surface area contributed by atoms with Gasteiger partial charge in [-0.1, -0.05) is 162 Å². The highest BCUT2D eigenvalue weighted by atomic mass is 16.7. The fourth-order valence-electron chi connectivity index (χ4n) is 7.80. The summed E-state index contributed by atoms with van der Waals surface area (Å²) < 4.78 is 40.1. The Kier molecular flexibility index (Phi) is 32.1. The Morgan fingerprint density at radius 2 is 0.797 bits per heavy atom. The van der Waals surface area contributed by atoms with E-state index in [1.807, 2.05) is 0 Å². The zero-order valence-corrected chi connectivity index (χ0v) is 38.2. The molecule has 0 saturated heterocycles. The van der Waals surface area contributed by atoms with Gasteiger partial charge >= 0.3 is 29.8 Å². The molecule has 59 heavy (non-hydrogen) atoms. The van der Waals surface area contributed by atoms with Crippen LogP contribution in [0.4, 0.5) is 0 Å². The fourth-order valence-corrected chi connectivity index (χ4v) is 7.80. The van der Waals surface area contributed by atoms with E-state index < -0.39 is 60.5 Å². The van der Waals surface area contributed by atoms with Gasteiger partial charge in [0.25, 0.3) is 0 Å². The zero-order chi connectivity index (χ0) is 43.7. The number of rotatable bonds is 37. The first-order valence-electron chi connectivity index (χ1n) is 23.5. The molecule has 0 heterocycles. The molecule has 0 aliphatic heterocycles. The van der Waals surface area contributed by atoms with E-state index in [4.69, 9.17) is 33.2 Å². The predicted molar refractivity (Wildman–Crippen MR) is 229 cm³/mol. The van der Waals surface area contributed by atoms with Crippen LogP contribution >= 0.6 is 0 Å². The number of carbonyl (C=O) groups excluding carboxylic acids is 5. The summed E-state index contributed by atoms with van der Waals surface area (Å²) in [5, 5.41) is 0. The maximum atomic E-state index is 13.1. The minimum atomic E-state index is -1.32. The molecule has 0 radical (unpaired) electrons. The van der Waals surface area contributed by atoms with Crippen LogP contribution in [-0.2, 0) is 57.1 Å². The Morgan fingerprint density at radius 3 is 1.22 bits per heavy atom. The molecule has 1 saturated carbocycles. The van der Waals surface area contributed by atoms with E-state index in [0.29, 0.717) is 13.0 Å². The van der Waals surface area contributed by atoms with Crippen molar-refractivity contribution in [2.75, 3.05) is 19.8 Å². The molecule has 0 aromatic carbocycles. The molecule has 12 nitrogen and oxygen atoms in total. The van der Waals surface area contributed by atoms with E-state index in [1.165, 1.54) is 123 Å². The lowest BCUT2D eigenvalue weighted by Gasteiger charge is -2.27.